The van der Waals surface area contributed by atoms with Gasteiger partial charge in [0.2, 0.25) is 0 Å². The van der Waals surface area contributed by atoms with Gasteiger partial charge in [-0.2, -0.15) is 5.10 Å². The minimum atomic E-state index is -3.58. The second kappa shape index (κ2) is 9.70. The molecule has 0 atom stereocenters. The molecule has 1 saturated heterocycles. The number of piperidine rings is 1. The normalized spacial score (nSPS) is 20.9. The molecule has 0 unspecified atom stereocenters. The van der Waals surface area contributed by atoms with Crippen LogP contribution in [0.4, 0.5) is 8.78 Å². The summed E-state index contributed by atoms with van der Waals surface area (Å²) < 4.78 is 62.4. The molecule has 0 bridgehead atoms. The van der Waals surface area contributed by atoms with Crippen molar-refractivity contribution in [3.8, 4) is 16.9 Å². The topological polar surface area (TPSA) is 50.2 Å². The number of alkyl halides is 2. The third-order valence-corrected chi connectivity index (χ3v) is 6.08. The monoisotopic (exact) mass is 560 g/mol. The van der Waals surface area contributed by atoms with Crippen LogP contribution in [0, 0.1) is 0 Å². The van der Waals surface area contributed by atoms with Crippen LogP contribution in [0.15, 0.2) is 46.9 Å². The lowest BCUT2D eigenvalue weighted by Crippen LogP contribution is -2.49. The van der Waals surface area contributed by atoms with E-state index in [9.17, 15) is 13.6 Å². The van der Waals surface area contributed by atoms with Crippen LogP contribution in [0.1, 0.15) is 41.3 Å². The number of aromatic nitrogens is 2. The van der Waals surface area contributed by atoms with Crippen LogP contribution in [0.3, 0.4) is 0 Å². The zero-order chi connectivity index (χ0) is 27.3. The molecule has 1 aliphatic heterocycles. The molecule has 33 heavy (non-hydrogen) atoms. The highest BCUT2D eigenvalue weighted by Crippen LogP contribution is 2.34. The van der Waals surface area contributed by atoms with Crippen molar-refractivity contribution in [1.29, 1.82) is 0 Å². The fourth-order valence-corrected chi connectivity index (χ4v) is 4.19. The maximum atomic E-state index is 14.0. The predicted octanol–water partition coefficient (Wildman–Crippen LogP) is 6.55. The lowest BCUT2D eigenvalue weighted by Gasteiger charge is -2.31. The second-order valence-corrected chi connectivity index (χ2v) is 9.11. The van der Waals surface area contributed by atoms with Gasteiger partial charge in [0.25, 0.3) is 11.8 Å². The molecule has 3 aromatic rings. The minimum Gasteiger partial charge on any atom is -0.283 e. The number of nitrogens with zero attached hydrogens (tertiary/aromatic N) is 3. The summed E-state index contributed by atoms with van der Waals surface area (Å²) in [5.41, 5.74) is 4.16. The molecule has 4 rings (SSSR count). The largest absolute Gasteiger partial charge is 0.286 e. The van der Waals surface area contributed by atoms with Crippen molar-refractivity contribution in [2.24, 2.45) is 0 Å². The average molecular weight is 562 g/mol. The van der Waals surface area contributed by atoms with Gasteiger partial charge in [0.05, 0.1) is 16.4 Å². The van der Waals surface area contributed by atoms with Crippen molar-refractivity contribution in [2.75, 3.05) is 13.0 Å². The first-order valence-electron chi connectivity index (χ1n) is 12.0. The second-order valence-electron chi connectivity index (χ2n) is 7.35. The van der Waals surface area contributed by atoms with Gasteiger partial charge in [-0.15, -0.1) is 0 Å². The summed E-state index contributed by atoms with van der Waals surface area (Å²) in [6.07, 6.45) is -2.24. The average Bonchev–Trinajstić information content (AvgIpc) is 3.14. The van der Waals surface area contributed by atoms with Gasteiger partial charge in [-0.1, -0.05) is 58.2 Å². The smallest absolute Gasteiger partial charge is 0.283 e. The first-order valence-corrected chi connectivity index (χ1v) is 11.5. The third-order valence-electron chi connectivity index (χ3n) is 5.01. The summed E-state index contributed by atoms with van der Waals surface area (Å²) in [7, 11) is 0. The quantitative estimate of drug-likeness (QED) is 0.384. The van der Waals surface area contributed by atoms with Gasteiger partial charge in [-0.05, 0) is 36.8 Å². The molecule has 5 nitrogen and oxygen atoms in total. The highest BCUT2D eigenvalue weighted by Gasteiger charge is 2.35. The van der Waals surface area contributed by atoms with Gasteiger partial charge >= 0.3 is 0 Å². The summed E-state index contributed by atoms with van der Waals surface area (Å²) in [5.74, 6) is -4.53. The Hall–Kier alpha value is -2.00. The van der Waals surface area contributed by atoms with Gasteiger partial charge < -0.3 is 0 Å². The minimum absolute atomic E-state index is 0.129. The van der Waals surface area contributed by atoms with Crippen molar-refractivity contribution in [1.82, 2.24) is 20.2 Å². The maximum Gasteiger partial charge on any atom is 0.286 e. The number of benzene rings is 2. The Labute approximate surface area is 214 Å². The molecule has 2 heterocycles. The molecule has 1 amide bonds. The Kier molecular flexibility index (Phi) is 5.68. The summed E-state index contributed by atoms with van der Waals surface area (Å²) in [6.45, 7) is -3.92. The summed E-state index contributed by atoms with van der Waals surface area (Å²) >= 11 is 15.9. The van der Waals surface area contributed by atoms with E-state index < -0.39 is 37.7 Å². The van der Waals surface area contributed by atoms with Crippen LogP contribution in [0.2, 0.25) is 10.0 Å². The lowest BCUT2D eigenvalue weighted by molar-refractivity contribution is -0.0631. The Balaban J connectivity index is 1.84. The highest BCUT2D eigenvalue weighted by molar-refractivity contribution is 9.10. The zero-order valence-corrected chi connectivity index (χ0v) is 20.4. The fourth-order valence-electron chi connectivity index (χ4n) is 3.44. The first-order chi connectivity index (χ1) is 17.1. The number of halogens is 5. The Morgan fingerprint density at radius 1 is 1.21 bits per heavy atom. The molecule has 0 aliphatic carbocycles. The third kappa shape index (κ3) is 5.24. The Morgan fingerprint density at radius 2 is 1.88 bits per heavy atom. The van der Waals surface area contributed by atoms with Crippen LogP contribution >= 0.6 is 39.1 Å². The number of nitrogens with one attached hydrogen (secondary N) is 1. The molecule has 0 spiro atoms. The van der Waals surface area contributed by atoms with E-state index in [0.29, 0.717) is 39.0 Å². The SMILES string of the molecule is [2H]C1([2H])CC(F)(F)CC([2H])([2H])N1NC(=O)c1nn(-c2ccc(Cl)cc2Cl)c(-c2ccc(Br)cc2)c1CC. The molecule has 1 fully saturated rings. The lowest BCUT2D eigenvalue weighted by atomic mass is 10.0. The van der Waals surface area contributed by atoms with E-state index in [1.54, 1.807) is 19.1 Å². The standard InChI is InChI=1S/C23H21BrCl2F2N4O/c1-2-17-20(22(33)30-31-11-9-23(27,28)10-12-31)29-32(19-8-7-16(25)13-18(19)26)21(17)14-3-5-15(24)6-4-14/h3-8,13H,2,9-12H2,1H3,(H,30,33)/i11D2,12D2. The molecule has 1 N–H and O–H groups in total. The summed E-state index contributed by atoms with van der Waals surface area (Å²) in [4.78, 5) is 13.4. The van der Waals surface area contributed by atoms with Crippen LogP contribution in [-0.4, -0.2) is 39.6 Å². The maximum absolute atomic E-state index is 14.0. The van der Waals surface area contributed by atoms with Crippen LogP contribution in [-0.2, 0) is 6.42 Å². The van der Waals surface area contributed by atoms with E-state index in [1.165, 1.54) is 10.7 Å². The molecule has 10 heteroatoms. The van der Waals surface area contributed by atoms with Crippen molar-refractivity contribution in [3.63, 3.8) is 0 Å². The first kappa shape index (κ1) is 19.3. The number of carbonyl (C=O) groups excluding carboxylic acids is 1. The molecule has 0 saturated carbocycles. The number of hydrogen-bond donors (Lipinski definition) is 1. The van der Waals surface area contributed by atoms with Gasteiger partial charge in [-0.3, -0.25) is 10.2 Å². The molecular formula is C23H21BrCl2F2N4O. The van der Waals surface area contributed by atoms with E-state index in [4.69, 9.17) is 28.7 Å². The molecule has 2 aromatic carbocycles. The molecule has 174 valence electrons. The van der Waals surface area contributed by atoms with Crippen molar-refractivity contribution < 1.29 is 19.1 Å². The van der Waals surface area contributed by atoms with Crippen LogP contribution in [0.5, 0.6) is 0 Å². The van der Waals surface area contributed by atoms with E-state index in [2.05, 4.69) is 26.5 Å². The van der Waals surface area contributed by atoms with E-state index in [1.807, 2.05) is 24.3 Å². The Bertz CT molecular complexity index is 1340. The van der Waals surface area contributed by atoms with Gasteiger partial charge in [0, 0.05) is 51.9 Å². The molecule has 0 radical (unpaired) electrons. The van der Waals surface area contributed by atoms with Crippen molar-refractivity contribution in [3.05, 3.63) is 68.2 Å². The summed E-state index contributed by atoms with van der Waals surface area (Å²) in [5, 5.41) is 5.44. The van der Waals surface area contributed by atoms with E-state index in [-0.39, 0.29) is 10.7 Å². The predicted molar refractivity (Wildman–Crippen MR) is 129 cm³/mol. The van der Waals surface area contributed by atoms with E-state index >= 15 is 0 Å². The van der Waals surface area contributed by atoms with Gasteiger partial charge in [-0.25, -0.2) is 18.5 Å². The van der Waals surface area contributed by atoms with Gasteiger partial charge in [0.1, 0.15) is 0 Å². The number of hydrazine groups is 1. The molecular weight excluding hydrogens is 537 g/mol. The number of rotatable bonds is 5. The van der Waals surface area contributed by atoms with E-state index in [0.717, 1.165) is 4.47 Å². The molecule has 1 aliphatic rings. The van der Waals surface area contributed by atoms with Crippen molar-refractivity contribution >= 4 is 45.0 Å². The highest BCUT2D eigenvalue weighted by atomic mass is 79.9. The van der Waals surface area contributed by atoms with Gasteiger partial charge in [0.15, 0.2) is 5.69 Å². The Morgan fingerprint density at radius 3 is 2.48 bits per heavy atom. The number of amides is 1. The van der Waals surface area contributed by atoms with Crippen molar-refractivity contribution in [2.45, 2.75) is 32.1 Å². The fraction of sp³-hybridized carbons (Fsp3) is 0.304. The summed E-state index contributed by atoms with van der Waals surface area (Å²) in [6, 6.07) is 12.0. The number of carbonyl (C=O) groups is 1. The zero-order valence-electron chi connectivity index (χ0n) is 21.3. The molecule has 1 aromatic heterocycles. The van der Waals surface area contributed by atoms with Crippen LogP contribution < -0.4 is 5.43 Å². The number of hydrogen-bond acceptors (Lipinski definition) is 3. The van der Waals surface area contributed by atoms with Crippen LogP contribution in [0.25, 0.3) is 16.9 Å².